The summed E-state index contributed by atoms with van der Waals surface area (Å²) in [5.41, 5.74) is -0.184. The van der Waals surface area contributed by atoms with Gasteiger partial charge in [0.05, 0.1) is 33.5 Å². The first-order chi connectivity index (χ1) is 13.0. The zero-order valence-electron chi connectivity index (χ0n) is 14.8. The van der Waals surface area contributed by atoms with Crippen LogP contribution < -0.4 is 14.9 Å². The molecule has 144 valence electrons. The molecule has 1 heterocycles. The molecule has 0 aliphatic rings. The number of benzene rings is 2. The van der Waals surface area contributed by atoms with Crippen molar-refractivity contribution < 1.29 is 34.3 Å². The lowest BCUT2D eigenvalue weighted by atomic mass is 9.91. The molecule has 0 unspecified atom stereocenters. The molecular weight excluding hydrogens is 356 g/mol. The van der Waals surface area contributed by atoms with Gasteiger partial charge in [-0.1, -0.05) is 6.07 Å². The molecular formula is C19H20O8. The summed E-state index contributed by atoms with van der Waals surface area (Å²) >= 11 is 0. The Labute approximate surface area is 153 Å². The van der Waals surface area contributed by atoms with Crippen LogP contribution in [-0.4, -0.2) is 54.0 Å². The molecule has 0 saturated heterocycles. The monoisotopic (exact) mass is 376 g/mol. The molecule has 0 aliphatic heterocycles. The van der Waals surface area contributed by atoms with Gasteiger partial charge in [0, 0.05) is 17.5 Å². The van der Waals surface area contributed by atoms with E-state index in [-0.39, 0.29) is 44.8 Å². The van der Waals surface area contributed by atoms with E-state index >= 15 is 0 Å². The lowest BCUT2D eigenvalue weighted by Crippen LogP contribution is -2.26. The van der Waals surface area contributed by atoms with E-state index in [1.54, 1.807) is 18.2 Å². The summed E-state index contributed by atoms with van der Waals surface area (Å²) in [6.07, 6.45) is -1.33. The molecule has 2 aromatic carbocycles. The van der Waals surface area contributed by atoms with Crippen LogP contribution in [0.25, 0.3) is 21.9 Å². The number of fused-ring (bicyclic) bond motifs is 2. The molecule has 8 heteroatoms. The molecule has 1 aromatic heterocycles. The fourth-order valence-corrected chi connectivity index (χ4v) is 3.24. The first-order valence-corrected chi connectivity index (χ1v) is 8.21. The van der Waals surface area contributed by atoms with Gasteiger partial charge in [0.1, 0.15) is 39.2 Å². The zero-order valence-corrected chi connectivity index (χ0v) is 14.8. The third-order valence-corrected chi connectivity index (χ3v) is 4.57. The van der Waals surface area contributed by atoms with Crippen molar-refractivity contribution in [3.8, 4) is 17.2 Å². The number of hydrogen-bond donors (Lipinski definition) is 4. The fraction of sp³-hybridized carbons (Fsp3) is 0.316. The standard InChI is InChI=1S/C19H20O8/c1-25-12-4-3-5-13-17(12)18(24)16-10(22)6-14(26-2)15(19(16)27-13)9(7-20)11(23)8-21/h3-6,9,11,20-23H,7-8H2,1-2H3/t9-,11-/m1/s1. The van der Waals surface area contributed by atoms with Crippen LogP contribution in [0.3, 0.4) is 0 Å². The van der Waals surface area contributed by atoms with Crippen molar-refractivity contribution in [1.29, 1.82) is 0 Å². The summed E-state index contributed by atoms with van der Waals surface area (Å²) in [4.78, 5) is 13.1. The zero-order chi connectivity index (χ0) is 19.7. The van der Waals surface area contributed by atoms with Gasteiger partial charge in [-0.05, 0) is 12.1 Å². The summed E-state index contributed by atoms with van der Waals surface area (Å²) in [7, 11) is 2.75. The van der Waals surface area contributed by atoms with Crippen molar-refractivity contribution >= 4 is 21.9 Å². The number of ether oxygens (including phenoxy) is 2. The van der Waals surface area contributed by atoms with E-state index in [9.17, 15) is 25.2 Å². The van der Waals surface area contributed by atoms with Crippen LogP contribution in [0.5, 0.6) is 17.2 Å². The van der Waals surface area contributed by atoms with Crippen molar-refractivity contribution in [2.75, 3.05) is 27.4 Å². The number of hydrogen-bond acceptors (Lipinski definition) is 8. The van der Waals surface area contributed by atoms with E-state index in [1.165, 1.54) is 20.3 Å². The Hall–Kier alpha value is -2.81. The van der Waals surface area contributed by atoms with Gasteiger partial charge < -0.3 is 34.3 Å². The van der Waals surface area contributed by atoms with Gasteiger partial charge in [0.25, 0.3) is 0 Å². The van der Waals surface area contributed by atoms with Crippen LogP contribution in [0.1, 0.15) is 11.5 Å². The first-order valence-electron chi connectivity index (χ1n) is 8.21. The molecule has 3 aromatic rings. The van der Waals surface area contributed by atoms with Crippen molar-refractivity contribution in [1.82, 2.24) is 0 Å². The second kappa shape index (κ2) is 7.43. The smallest absolute Gasteiger partial charge is 0.208 e. The van der Waals surface area contributed by atoms with Crippen LogP contribution in [-0.2, 0) is 0 Å². The number of phenols is 1. The van der Waals surface area contributed by atoms with Crippen LogP contribution in [0.2, 0.25) is 0 Å². The maximum absolute atomic E-state index is 13.1. The molecule has 8 nitrogen and oxygen atoms in total. The molecule has 0 radical (unpaired) electrons. The summed E-state index contributed by atoms with van der Waals surface area (Å²) in [6, 6.07) is 6.01. The SMILES string of the molecule is COc1cc(O)c2c(=O)c3c(OC)cccc3oc2c1[C@H](CO)[C@H](O)CO. The Kier molecular flexibility index (Phi) is 5.22. The van der Waals surface area contributed by atoms with Crippen LogP contribution >= 0.6 is 0 Å². The average molecular weight is 376 g/mol. The third kappa shape index (κ3) is 2.97. The van der Waals surface area contributed by atoms with Crippen molar-refractivity contribution in [3.63, 3.8) is 0 Å². The van der Waals surface area contributed by atoms with E-state index in [0.717, 1.165) is 0 Å². The minimum Gasteiger partial charge on any atom is -0.507 e. The number of aromatic hydroxyl groups is 1. The van der Waals surface area contributed by atoms with Gasteiger partial charge in [-0.2, -0.15) is 0 Å². The summed E-state index contributed by atoms with van der Waals surface area (Å²) in [6.45, 7) is -1.17. The van der Waals surface area contributed by atoms with Gasteiger partial charge in [0.15, 0.2) is 0 Å². The highest BCUT2D eigenvalue weighted by Gasteiger charge is 2.30. The number of aliphatic hydroxyl groups excluding tert-OH is 3. The Morgan fingerprint density at radius 2 is 1.78 bits per heavy atom. The molecule has 0 amide bonds. The van der Waals surface area contributed by atoms with Gasteiger partial charge in [0.2, 0.25) is 5.43 Å². The predicted molar refractivity (Wildman–Crippen MR) is 97.7 cm³/mol. The van der Waals surface area contributed by atoms with Gasteiger partial charge in [-0.3, -0.25) is 4.79 Å². The van der Waals surface area contributed by atoms with Crippen LogP contribution in [0, 0.1) is 0 Å². The largest absolute Gasteiger partial charge is 0.507 e. The van der Waals surface area contributed by atoms with E-state index in [1.807, 2.05) is 0 Å². The molecule has 0 bridgehead atoms. The summed E-state index contributed by atoms with van der Waals surface area (Å²) < 4.78 is 16.4. The van der Waals surface area contributed by atoms with E-state index < -0.39 is 30.7 Å². The predicted octanol–water partition coefficient (Wildman–Crippen LogP) is 1.10. The number of methoxy groups -OCH3 is 2. The lowest BCUT2D eigenvalue weighted by Gasteiger charge is -2.23. The minimum atomic E-state index is -1.33. The van der Waals surface area contributed by atoms with E-state index in [4.69, 9.17) is 13.9 Å². The molecule has 3 rings (SSSR count). The van der Waals surface area contributed by atoms with Crippen molar-refractivity contribution in [3.05, 3.63) is 40.1 Å². The van der Waals surface area contributed by atoms with E-state index in [2.05, 4.69) is 0 Å². The molecule has 0 fully saturated rings. The van der Waals surface area contributed by atoms with Gasteiger partial charge in [-0.15, -0.1) is 0 Å². The Balaban J connectivity index is 2.52. The molecule has 27 heavy (non-hydrogen) atoms. The first kappa shape index (κ1) is 19.0. The van der Waals surface area contributed by atoms with Crippen molar-refractivity contribution in [2.45, 2.75) is 12.0 Å². The average Bonchev–Trinajstić information content (AvgIpc) is 2.68. The van der Waals surface area contributed by atoms with Gasteiger partial charge >= 0.3 is 0 Å². The summed E-state index contributed by atoms with van der Waals surface area (Å²) in [5, 5.41) is 39.6. The second-order valence-corrected chi connectivity index (χ2v) is 6.02. The minimum absolute atomic E-state index is 0.0378. The van der Waals surface area contributed by atoms with Crippen LogP contribution in [0.4, 0.5) is 0 Å². The highest BCUT2D eigenvalue weighted by molar-refractivity contribution is 5.98. The molecule has 4 N–H and O–H groups in total. The normalized spacial score (nSPS) is 13.7. The topological polar surface area (TPSA) is 130 Å². The maximum Gasteiger partial charge on any atom is 0.208 e. The fourth-order valence-electron chi connectivity index (χ4n) is 3.24. The van der Waals surface area contributed by atoms with Crippen molar-refractivity contribution in [2.24, 2.45) is 0 Å². The summed E-state index contributed by atoms with van der Waals surface area (Å²) in [5.74, 6) is -0.979. The quantitative estimate of drug-likeness (QED) is 0.471. The lowest BCUT2D eigenvalue weighted by molar-refractivity contribution is 0.0520. The van der Waals surface area contributed by atoms with E-state index in [0.29, 0.717) is 0 Å². The maximum atomic E-state index is 13.1. The number of rotatable bonds is 6. The highest BCUT2D eigenvalue weighted by atomic mass is 16.5. The molecule has 2 atom stereocenters. The Morgan fingerprint density at radius 1 is 1.07 bits per heavy atom. The molecule has 0 aliphatic carbocycles. The second-order valence-electron chi connectivity index (χ2n) is 6.02. The Bertz CT molecular complexity index is 1040. The third-order valence-electron chi connectivity index (χ3n) is 4.57. The van der Waals surface area contributed by atoms with Crippen LogP contribution in [0.15, 0.2) is 33.5 Å². The van der Waals surface area contributed by atoms with Gasteiger partial charge in [-0.25, -0.2) is 0 Å². The number of phenolic OH excluding ortho intramolecular Hbond substituents is 1. The molecule has 0 spiro atoms. The number of aliphatic hydroxyl groups is 3. The Morgan fingerprint density at radius 3 is 2.37 bits per heavy atom. The molecule has 0 saturated carbocycles. The highest BCUT2D eigenvalue weighted by Crippen LogP contribution is 2.41.